The van der Waals surface area contributed by atoms with Gasteiger partial charge in [-0.05, 0) is 96.3 Å². The number of hydrogen-bond acceptors (Lipinski definition) is 14. The van der Waals surface area contributed by atoms with Crippen molar-refractivity contribution in [1.29, 1.82) is 0 Å². The lowest BCUT2D eigenvalue weighted by molar-refractivity contribution is -0.332. The Labute approximate surface area is 458 Å². The maximum absolute atomic E-state index is 13.1. The summed E-state index contributed by atoms with van der Waals surface area (Å²) in [4.78, 5) is 13.1. The summed E-state index contributed by atoms with van der Waals surface area (Å²) in [5, 5.41) is 72.4. The fourth-order valence-corrected chi connectivity index (χ4v) is 8.61. The monoisotopic (exact) mass is 1070 g/mol. The fourth-order valence-electron chi connectivity index (χ4n) is 8.61. The molecule has 11 atom stereocenters. The minimum atomic E-state index is -1.72. The van der Waals surface area contributed by atoms with E-state index in [-0.39, 0.29) is 19.6 Å². The smallest absolute Gasteiger partial charge is 0.306 e. The van der Waals surface area contributed by atoms with Crippen molar-refractivity contribution in [2.75, 3.05) is 33.0 Å². The van der Waals surface area contributed by atoms with E-state index < -0.39 is 86.7 Å². The normalized spacial score (nSPS) is 25.2. The van der Waals surface area contributed by atoms with Crippen LogP contribution in [0.4, 0.5) is 0 Å². The van der Waals surface area contributed by atoms with Crippen LogP contribution >= 0.6 is 0 Å². The summed E-state index contributed by atoms with van der Waals surface area (Å²) in [7, 11) is 0. The zero-order valence-corrected chi connectivity index (χ0v) is 46.7. The number of unbranched alkanes of at least 4 members (excludes halogenated alkanes) is 16. The number of ether oxygens (including phenoxy) is 6. The van der Waals surface area contributed by atoms with Crippen molar-refractivity contribution in [3.8, 4) is 0 Å². The number of esters is 1. The molecule has 14 heteroatoms. The van der Waals surface area contributed by atoms with Crippen LogP contribution in [0.1, 0.15) is 187 Å². The molecule has 2 aliphatic rings. The van der Waals surface area contributed by atoms with E-state index in [1.54, 1.807) is 0 Å². The van der Waals surface area contributed by atoms with Crippen LogP contribution in [0.3, 0.4) is 0 Å². The average Bonchev–Trinajstić information content (AvgIpc) is 3.42. The predicted molar refractivity (Wildman–Crippen MR) is 302 cm³/mol. The molecule has 14 nitrogen and oxygen atoms in total. The van der Waals surface area contributed by atoms with Crippen molar-refractivity contribution in [3.05, 3.63) is 97.2 Å². The van der Waals surface area contributed by atoms with E-state index in [1.807, 2.05) is 0 Å². The van der Waals surface area contributed by atoms with Crippen LogP contribution in [-0.2, 0) is 33.2 Å². The van der Waals surface area contributed by atoms with Gasteiger partial charge in [-0.15, -0.1) is 0 Å². The third-order valence-electron chi connectivity index (χ3n) is 13.3. The van der Waals surface area contributed by atoms with Crippen LogP contribution in [0.2, 0.25) is 0 Å². The Morgan fingerprint density at radius 1 is 0.447 bits per heavy atom. The number of carbonyl (C=O) groups excluding carboxylic acids is 1. The zero-order valence-electron chi connectivity index (χ0n) is 46.7. The van der Waals surface area contributed by atoms with Crippen molar-refractivity contribution in [2.24, 2.45) is 0 Å². The summed E-state index contributed by atoms with van der Waals surface area (Å²) < 4.78 is 34.4. The summed E-state index contributed by atoms with van der Waals surface area (Å²) in [6.07, 6.45) is 47.4. The molecule has 11 unspecified atom stereocenters. The lowest BCUT2D eigenvalue weighted by Gasteiger charge is -2.42. The first kappa shape index (κ1) is 69.0. The predicted octanol–water partition coefficient (Wildman–Crippen LogP) is 10.6. The van der Waals surface area contributed by atoms with Gasteiger partial charge in [-0.3, -0.25) is 4.79 Å². The molecule has 0 aromatic rings. The number of aliphatic hydroxyl groups is 7. The Kier molecular flexibility index (Phi) is 43.5. The molecular formula is C62H104O14. The summed E-state index contributed by atoms with van der Waals surface area (Å²) in [5.74, 6) is -0.398. The third-order valence-corrected chi connectivity index (χ3v) is 13.3. The van der Waals surface area contributed by atoms with Gasteiger partial charge in [0.1, 0.15) is 54.9 Å². The Hall–Kier alpha value is -3.09. The Morgan fingerprint density at radius 3 is 1.34 bits per heavy atom. The van der Waals surface area contributed by atoms with E-state index in [0.717, 1.165) is 116 Å². The van der Waals surface area contributed by atoms with E-state index in [2.05, 4.69) is 111 Å². The molecule has 0 aliphatic carbocycles. The fraction of sp³-hybridized carbons (Fsp3) is 0.726. The first-order chi connectivity index (χ1) is 37.1. The summed E-state index contributed by atoms with van der Waals surface area (Å²) in [6.45, 7) is 3.50. The number of hydrogen-bond donors (Lipinski definition) is 7. The van der Waals surface area contributed by atoms with Crippen molar-refractivity contribution in [3.63, 3.8) is 0 Å². The highest BCUT2D eigenvalue weighted by Gasteiger charge is 2.47. The second-order valence-corrected chi connectivity index (χ2v) is 20.1. The molecule has 2 aliphatic heterocycles. The molecule has 0 bridgehead atoms. The molecule has 7 N–H and O–H groups in total. The van der Waals surface area contributed by atoms with Gasteiger partial charge in [0.2, 0.25) is 0 Å². The second-order valence-electron chi connectivity index (χ2n) is 20.1. The minimum absolute atomic E-state index is 0.0422. The molecule has 2 heterocycles. The van der Waals surface area contributed by atoms with Crippen LogP contribution in [0.5, 0.6) is 0 Å². The van der Waals surface area contributed by atoms with E-state index in [1.165, 1.54) is 44.9 Å². The van der Waals surface area contributed by atoms with E-state index >= 15 is 0 Å². The molecule has 0 saturated carbocycles. The number of rotatable bonds is 46. The highest BCUT2D eigenvalue weighted by atomic mass is 16.7. The molecular weight excluding hydrogens is 969 g/mol. The van der Waals surface area contributed by atoms with Crippen LogP contribution in [0, 0.1) is 0 Å². The molecule has 0 amide bonds. The highest BCUT2D eigenvalue weighted by molar-refractivity contribution is 5.69. The molecule has 2 saturated heterocycles. The Balaban J connectivity index is 1.73. The second kappa shape index (κ2) is 47.9. The highest BCUT2D eigenvalue weighted by Crippen LogP contribution is 2.26. The van der Waals surface area contributed by atoms with Gasteiger partial charge < -0.3 is 64.2 Å². The van der Waals surface area contributed by atoms with Gasteiger partial charge in [0, 0.05) is 13.0 Å². The number of aliphatic hydroxyl groups excluding tert-OH is 7. The van der Waals surface area contributed by atoms with E-state index in [0.29, 0.717) is 13.0 Å². The first-order valence-corrected chi connectivity index (χ1v) is 29.3. The lowest BCUT2D eigenvalue weighted by atomic mass is 9.98. The molecule has 76 heavy (non-hydrogen) atoms. The number of allylic oxidation sites excluding steroid dienone is 16. The maximum Gasteiger partial charge on any atom is 0.306 e. The number of carbonyl (C=O) groups is 1. The summed E-state index contributed by atoms with van der Waals surface area (Å²) in [6, 6.07) is 0. The van der Waals surface area contributed by atoms with Crippen molar-refractivity contribution in [1.82, 2.24) is 0 Å². The van der Waals surface area contributed by atoms with Gasteiger partial charge in [0.15, 0.2) is 12.6 Å². The minimum Gasteiger partial charge on any atom is -0.457 e. The molecule has 436 valence electrons. The van der Waals surface area contributed by atoms with Crippen molar-refractivity contribution < 1.29 is 69.0 Å². The summed E-state index contributed by atoms with van der Waals surface area (Å²) in [5.41, 5.74) is 0. The SMILES string of the molecule is CC/C=C\C/C=C\C/C=C\C/C=C\C/C=C\C/C=C\CCCCCCCCC(=O)OC(COCCCCCCCC/C=C\C/C=C\CCCCCC)COC1OC(COC2OC(CO)C(O)C(O)C2O)C(O)C(O)C1O. The lowest BCUT2D eigenvalue weighted by Crippen LogP contribution is -2.61. The van der Waals surface area contributed by atoms with Gasteiger partial charge in [0.05, 0.1) is 26.4 Å². The van der Waals surface area contributed by atoms with Crippen molar-refractivity contribution >= 4 is 5.97 Å². The van der Waals surface area contributed by atoms with Crippen LogP contribution in [0.25, 0.3) is 0 Å². The molecule has 0 aromatic carbocycles. The zero-order chi connectivity index (χ0) is 55.1. The van der Waals surface area contributed by atoms with Gasteiger partial charge >= 0.3 is 5.97 Å². The maximum atomic E-state index is 13.1. The van der Waals surface area contributed by atoms with Crippen LogP contribution in [-0.4, -0.2) is 142 Å². The molecule has 0 spiro atoms. The van der Waals surface area contributed by atoms with E-state index in [4.69, 9.17) is 28.4 Å². The Morgan fingerprint density at radius 2 is 0.855 bits per heavy atom. The quantitative estimate of drug-likeness (QED) is 0.0172. The van der Waals surface area contributed by atoms with Crippen LogP contribution in [0.15, 0.2) is 97.2 Å². The average molecular weight is 1070 g/mol. The van der Waals surface area contributed by atoms with Crippen molar-refractivity contribution in [2.45, 2.75) is 255 Å². The van der Waals surface area contributed by atoms with Gasteiger partial charge in [-0.25, -0.2) is 0 Å². The largest absolute Gasteiger partial charge is 0.457 e. The molecule has 2 rings (SSSR count). The van der Waals surface area contributed by atoms with Gasteiger partial charge in [-0.1, -0.05) is 182 Å². The summed E-state index contributed by atoms with van der Waals surface area (Å²) >= 11 is 0. The first-order valence-electron chi connectivity index (χ1n) is 29.3. The molecule has 0 radical (unpaired) electrons. The van der Waals surface area contributed by atoms with E-state index in [9.17, 15) is 40.5 Å². The Bertz CT molecular complexity index is 1620. The standard InChI is InChI=1S/C62H104O14/c1-3-5-7-9-11-13-15-17-19-21-22-23-24-25-26-27-28-29-31-33-35-37-39-41-43-45-54(64)74-51(48-71-46-44-42-40-38-36-34-32-30-20-18-16-14-12-10-8-6-4-2)49-72-61-60(70)58(68)56(66)53(76-61)50-73-62-59(69)57(67)55(65)52(47-63)75-62/h5,7,11,13-14,16-17,19-20,22-23,25-26,28-30,51-53,55-63,65-70H,3-4,6,8-10,12,15,18,21,24,27,31-50H2,1-2H3/b7-5-,13-11-,16-14-,19-17-,23-22-,26-25-,29-28-,30-20-. The molecule has 2 fully saturated rings. The third kappa shape index (κ3) is 34.0. The molecule has 0 aromatic heterocycles. The van der Waals surface area contributed by atoms with Gasteiger partial charge in [-0.2, -0.15) is 0 Å². The topological polar surface area (TPSA) is 214 Å². The van der Waals surface area contributed by atoms with Crippen LogP contribution < -0.4 is 0 Å². The van der Waals surface area contributed by atoms with Gasteiger partial charge in [0.25, 0.3) is 0 Å².